The van der Waals surface area contributed by atoms with E-state index in [1.165, 1.54) is 32.2 Å². The third-order valence-electron chi connectivity index (χ3n) is 2.66. The zero-order chi connectivity index (χ0) is 15.3. The predicted molar refractivity (Wildman–Crippen MR) is 72.8 cm³/mol. The van der Waals surface area contributed by atoms with E-state index in [9.17, 15) is 14.9 Å². The Hall–Kier alpha value is -1.86. The molecule has 0 fully saturated rings. The summed E-state index contributed by atoms with van der Waals surface area (Å²) in [6.07, 6.45) is 0.127. The average molecular weight is 303 g/mol. The Labute approximate surface area is 120 Å². The molecule has 0 spiro atoms. The minimum atomic E-state index is -1.23. The van der Waals surface area contributed by atoms with Crippen LogP contribution in [0.15, 0.2) is 18.2 Å². The molecule has 1 aromatic carbocycles. The predicted octanol–water partition coefficient (Wildman–Crippen LogP) is 1.91. The van der Waals surface area contributed by atoms with Gasteiger partial charge in [0.2, 0.25) is 5.75 Å². The lowest BCUT2D eigenvalue weighted by atomic mass is 10.0. The van der Waals surface area contributed by atoms with Gasteiger partial charge in [0.25, 0.3) is 0 Å². The number of carbonyl (C=O) groups excluding carboxylic acids is 1. The molecule has 2 N–H and O–H groups in total. The fraction of sp³-hybridized carbons (Fsp3) is 0.417. The first-order chi connectivity index (χ1) is 9.29. The van der Waals surface area contributed by atoms with Crippen molar-refractivity contribution in [2.45, 2.75) is 18.9 Å². The standard InChI is InChI=1S/C12H15ClN2O5/c1-12(14,11(16)19-2)6-7-20-10-8(13)4-3-5-9(10)15(17)18/h3-5H,6-7,14H2,1-2H3. The van der Waals surface area contributed by atoms with Crippen molar-refractivity contribution in [3.63, 3.8) is 0 Å². The molecule has 7 nitrogen and oxygen atoms in total. The van der Waals surface area contributed by atoms with E-state index in [4.69, 9.17) is 22.1 Å². The maximum Gasteiger partial charge on any atom is 0.325 e. The molecule has 1 unspecified atom stereocenters. The largest absolute Gasteiger partial charge is 0.486 e. The van der Waals surface area contributed by atoms with E-state index >= 15 is 0 Å². The Balaban J connectivity index is 2.76. The molecule has 0 aliphatic heterocycles. The zero-order valence-corrected chi connectivity index (χ0v) is 11.8. The van der Waals surface area contributed by atoms with Crippen molar-refractivity contribution in [1.82, 2.24) is 0 Å². The molecule has 0 bridgehead atoms. The van der Waals surface area contributed by atoms with Crippen LogP contribution in [0.25, 0.3) is 0 Å². The number of nitrogens with two attached hydrogens (primary N) is 1. The first kappa shape index (κ1) is 16.2. The van der Waals surface area contributed by atoms with Gasteiger partial charge in [0.15, 0.2) is 0 Å². The number of esters is 1. The van der Waals surface area contributed by atoms with Crippen LogP contribution >= 0.6 is 11.6 Å². The lowest BCUT2D eigenvalue weighted by Crippen LogP contribution is -2.46. The van der Waals surface area contributed by atoms with Gasteiger partial charge in [-0.3, -0.25) is 14.9 Å². The fourth-order valence-electron chi connectivity index (χ4n) is 1.48. The number of benzene rings is 1. The second-order valence-corrected chi connectivity index (χ2v) is 4.76. The number of methoxy groups -OCH3 is 1. The number of rotatable bonds is 6. The number of halogens is 1. The number of nitrogens with zero attached hydrogens (tertiary/aromatic N) is 1. The van der Waals surface area contributed by atoms with E-state index in [1.807, 2.05) is 0 Å². The van der Waals surface area contributed by atoms with E-state index in [-0.39, 0.29) is 29.5 Å². The van der Waals surface area contributed by atoms with Crippen molar-refractivity contribution in [3.8, 4) is 5.75 Å². The average Bonchev–Trinajstić information content (AvgIpc) is 2.39. The third-order valence-corrected chi connectivity index (χ3v) is 2.96. The van der Waals surface area contributed by atoms with Crippen LogP contribution in [0.1, 0.15) is 13.3 Å². The van der Waals surface area contributed by atoms with Crippen molar-refractivity contribution >= 4 is 23.3 Å². The zero-order valence-electron chi connectivity index (χ0n) is 11.1. The van der Waals surface area contributed by atoms with Gasteiger partial charge in [-0.1, -0.05) is 17.7 Å². The summed E-state index contributed by atoms with van der Waals surface area (Å²) in [6.45, 7) is 1.48. The van der Waals surface area contributed by atoms with E-state index in [0.29, 0.717) is 0 Å². The van der Waals surface area contributed by atoms with Crippen LogP contribution in [0.3, 0.4) is 0 Å². The molecule has 0 saturated heterocycles. The molecule has 1 rings (SSSR count). The molecule has 0 heterocycles. The van der Waals surface area contributed by atoms with Crippen LogP contribution in [0.5, 0.6) is 5.75 Å². The normalized spacial score (nSPS) is 13.4. The first-order valence-electron chi connectivity index (χ1n) is 5.72. The second kappa shape index (κ2) is 6.53. The molecule has 1 atom stereocenters. The smallest absolute Gasteiger partial charge is 0.325 e. The van der Waals surface area contributed by atoms with Crippen molar-refractivity contribution in [2.75, 3.05) is 13.7 Å². The Morgan fingerprint density at radius 2 is 2.20 bits per heavy atom. The first-order valence-corrected chi connectivity index (χ1v) is 6.10. The summed E-state index contributed by atoms with van der Waals surface area (Å²) in [5, 5.41) is 11.0. The summed E-state index contributed by atoms with van der Waals surface area (Å²) in [5.41, 5.74) is 4.28. The number of hydrogen-bond donors (Lipinski definition) is 1. The third kappa shape index (κ3) is 3.82. The van der Waals surface area contributed by atoms with Crippen molar-refractivity contribution in [1.29, 1.82) is 0 Å². The van der Waals surface area contributed by atoms with Gasteiger partial charge in [0.05, 0.1) is 23.7 Å². The highest BCUT2D eigenvalue weighted by Gasteiger charge is 2.30. The van der Waals surface area contributed by atoms with Gasteiger partial charge in [-0.15, -0.1) is 0 Å². The summed E-state index contributed by atoms with van der Waals surface area (Å²) < 4.78 is 9.85. The lowest BCUT2D eigenvalue weighted by molar-refractivity contribution is -0.385. The number of nitro benzene ring substituents is 1. The summed E-state index contributed by atoms with van der Waals surface area (Å²) >= 11 is 5.86. The van der Waals surface area contributed by atoms with Gasteiger partial charge in [-0.2, -0.15) is 0 Å². The molecule has 0 saturated carbocycles. The molecule has 1 aromatic rings. The number of carbonyl (C=O) groups is 1. The second-order valence-electron chi connectivity index (χ2n) is 4.35. The van der Waals surface area contributed by atoms with Crippen LogP contribution in [-0.4, -0.2) is 30.1 Å². The van der Waals surface area contributed by atoms with Crippen LogP contribution in [0.2, 0.25) is 5.02 Å². The monoisotopic (exact) mass is 302 g/mol. The number of para-hydroxylation sites is 1. The van der Waals surface area contributed by atoms with Crippen LogP contribution in [0.4, 0.5) is 5.69 Å². The molecule has 0 amide bonds. The van der Waals surface area contributed by atoms with E-state index in [1.54, 1.807) is 0 Å². The highest BCUT2D eigenvalue weighted by atomic mass is 35.5. The highest BCUT2D eigenvalue weighted by molar-refractivity contribution is 6.32. The molecular weight excluding hydrogens is 288 g/mol. The Morgan fingerprint density at radius 1 is 1.55 bits per heavy atom. The lowest BCUT2D eigenvalue weighted by Gasteiger charge is -2.21. The Morgan fingerprint density at radius 3 is 2.75 bits per heavy atom. The molecule has 0 aromatic heterocycles. The number of ether oxygens (including phenoxy) is 2. The summed E-state index contributed by atoms with van der Waals surface area (Å²) in [4.78, 5) is 21.6. The van der Waals surface area contributed by atoms with Crippen molar-refractivity contribution in [3.05, 3.63) is 33.3 Å². The number of nitro groups is 1. The molecule has 8 heteroatoms. The van der Waals surface area contributed by atoms with E-state index in [0.717, 1.165) is 0 Å². The van der Waals surface area contributed by atoms with Gasteiger partial charge in [0.1, 0.15) is 5.54 Å². The Bertz CT molecular complexity index is 519. The quantitative estimate of drug-likeness (QED) is 0.489. The van der Waals surface area contributed by atoms with E-state index < -0.39 is 16.4 Å². The van der Waals surface area contributed by atoms with Crippen LogP contribution < -0.4 is 10.5 Å². The molecule has 0 aliphatic carbocycles. The molecule has 20 heavy (non-hydrogen) atoms. The van der Waals surface area contributed by atoms with Gasteiger partial charge in [0, 0.05) is 12.5 Å². The van der Waals surface area contributed by atoms with E-state index in [2.05, 4.69) is 4.74 Å². The minimum Gasteiger partial charge on any atom is -0.486 e. The minimum absolute atomic E-state index is 0.00727. The van der Waals surface area contributed by atoms with Crippen LogP contribution in [-0.2, 0) is 9.53 Å². The summed E-state index contributed by atoms with van der Waals surface area (Å²) in [5.74, 6) is -0.630. The Kier molecular flexibility index (Phi) is 5.29. The summed E-state index contributed by atoms with van der Waals surface area (Å²) in [6, 6.07) is 4.21. The summed E-state index contributed by atoms with van der Waals surface area (Å²) in [7, 11) is 1.23. The van der Waals surface area contributed by atoms with Gasteiger partial charge in [-0.05, 0) is 13.0 Å². The molecular formula is C12H15ClN2O5. The fourth-order valence-corrected chi connectivity index (χ4v) is 1.71. The topological polar surface area (TPSA) is 105 Å². The molecule has 0 aliphatic rings. The SMILES string of the molecule is COC(=O)C(C)(N)CCOc1c(Cl)cccc1[N+](=O)[O-]. The molecule has 110 valence electrons. The van der Waals surface area contributed by atoms with Gasteiger partial charge < -0.3 is 15.2 Å². The highest BCUT2D eigenvalue weighted by Crippen LogP contribution is 2.34. The van der Waals surface area contributed by atoms with Crippen molar-refractivity contribution in [2.24, 2.45) is 5.73 Å². The molecule has 0 radical (unpaired) electrons. The maximum atomic E-state index is 11.4. The van der Waals surface area contributed by atoms with Gasteiger partial charge in [-0.25, -0.2) is 0 Å². The van der Waals surface area contributed by atoms with Crippen molar-refractivity contribution < 1.29 is 19.2 Å². The van der Waals surface area contributed by atoms with Crippen LogP contribution in [0, 0.1) is 10.1 Å². The van der Waals surface area contributed by atoms with Gasteiger partial charge >= 0.3 is 11.7 Å². The number of hydrogen-bond acceptors (Lipinski definition) is 6. The maximum absolute atomic E-state index is 11.4.